The van der Waals surface area contributed by atoms with Crippen molar-refractivity contribution >= 4 is 28.9 Å². The number of benzene rings is 1. The zero-order valence-corrected chi connectivity index (χ0v) is 14.6. The van der Waals surface area contributed by atoms with Crippen molar-refractivity contribution in [1.82, 2.24) is 20.1 Å². The first-order valence-corrected chi connectivity index (χ1v) is 8.17. The van der Waals surface area contributed by atoms with Crippen molar-refractivity contribution in [1.29, 1.82) is 0 Å². The van der Waals surface area contributed by atoms with Crippen LogP contribution in [0.4, 0.5) is 0 Å². The smallest absolute Gasteiger partial charge is 0.328 e. The average molecular weight is 352 g/mol. The number of amides is 1. The number of aromatic nitrogens is 3. The van der Waals surface area contributed by atoms with E-state index in [0.717, 1.165) is 22.0 Å². The molecule has 3 aromatic rings. The Morgan fingerprint density at radius 3 is 2.92 bits per heavy atom. The van der Waals surface area contributed by atoms with Gasteiger partial charge in [0.05, 0.1) is 13.3 Å². The van der Waals surface area contributed by atoms with E-state index in [9.17, 15) is 9.59 Å². The Morgan fingerprint density at radius 2 is 2.19 bits per heavy atom. The Morgan fingerprint density at radius 1 is 1.38 bits per heavy atom. The van der Waals surface area contributed by atoms with Gasteiger partial charge in [-0.1, -0.05) is 18.2 Å². The number of nitrogens with one attached hydrogen (secondary N) is 2. The number of para-hydroxylation sites is 1. The summed E-state index contributed by atoms with van der Waals surface area (Å²) in [4.78, 5) is 27.5. The third kappa shape index (κ3) is 4.00. The van der Waals surface area contributed by atoms with Crippen molar-refractivity contribution in [3.05, 3.63) is 60.1 Å². The van der Waals surface area contributed by atoms with Crippen molar-refractivity contribution in [3.63, 3.8) is 0 Å². The number of aryl methyl sites for hydroxylation is 1. The van der Waals surface area contributed by atoms with E-state index < -0.39 is 12.0 Å². The number of nitrogens with zero attached hydrogens (tertiary/aromatic N) is 2. The van der Waals surface area contributed by atoms with Crippen LogP contribution >= 0.6 is 0 Å². The number of aromatic amines is 1. The van der Waals surface area contributed by atoms with Crippen molar-refractivity contribution < 1.29 is 14.3 Å². The highest BCUT2D eigenvalue weighted by Crippen LogP contribution is 2.19. The summed E-state index contributed by atoms with van der Waals surface area (Å²) < 4.78 is 6.48. The van der Waals surface area contributed by atoms with Crippen LogP contribution in [0, 0.1) is 0 Å². The second-order valence-electron chi connectivity index (χ2n) is 5.93. The molecule has 1 unspecified atom stereocenters. The lowest BCUT2D eigenvalue weighted by atomic mass is 10.0. The molecule has 7 nitrogen and oxygen atoms in total. The Labute approximate surface area is 150 Å². The fourth-order valence-corrected chi connectivity index (χ4v) is 2.77. The second-order valence-corrected chi connectivity index (χ2v) is 5.93. The van der Waals surface area contributed by atoms with E-state index in [1.807, 2.05) is 30.5 Å². The lowest BCUT2D eigenvalue weighted by Crippen LogP contribution is -2.42. The SMILES string of the molecule is COC(=O)C(Cc1c[nH]c2ccccc12)NC(=O)C=Cc1cnn(C)c1. The van der Waals surface area contributed by atoms with Crippen LogP contribution in [-0.2, 0) is 27.8 Å². The van der Waals surface area contributed by atoms with Crippen LogP contribution in [0.5, 0.6) is 0 Å². The molecule has 0 aliphatic heterocycles. The number of fused-ring (bicyclic) bond motifs is 1. The van der Waals surface area contributed by atoms with E-state index in [1.165, 1.54) is 13.2 Å². The molecule has 1 amide bonds. The van der Waals surface area contributed by atoms with Crippen molar-refractivity contribution in [2.24, 2.45) is 7.05 Å². The third-order valence-electron chi connectivity index (χ3n) is 4.05. The molecule has 0 saturated heterocycles. The topological polar surface area (TPSA) is 89.0 Å². The van der Waals surface area contributed by atoms with Gasteiger partial charge in [-0.05, 0) is 17.7 Å². The minimum atomic E-state index is -0.773. The molecule has 3 rings (SSSR count). The molecule has 134 valence electrons. The molecule has 0 saturated carbocycles. The molecule has 2 N–H and O–H groups in total. The highest BCUT2D eigenvalue weighted by Gasteiger charge is 2.22. The molecule has 0 bridgehead atoms. The highest BCUT2D eigenvalue weighted by atomic mass is 16.5. The van der Waals surface area contributed by atoms with Crippen LogP contribution in [0.2, 0.25) is 0 Å². The summed E-state index contributed by atoms with van der Waals surface area (Å²) in [6.07, 6.45) is 8.63. The van der Waals surface area contributed by atoms with Crippen LogP contribution in [0.25, 0.3) is 17.0 Å². The summed E-state index contributed by atoms with van der Waals surface area (Å²) in [5.74, 6) is -0.859. The number of H-pyrrole nitrogens is 1. The standard InChI is InChI=1S/C19H20N4O3/c1-23-12-13(10-21-23)7-8-18(24)22-17(19(25)26-2)9-14-11-20-16-6-4-3-5-15(14)16/h3-8,10-12,17,20H,9H2,1-2H3,(H,22,24). The summed E-state index contributed by atoms with van der Waals surface area (Å²) in [5, 5.41) is 7.75. The maximum Gasteiger partial charge on any atom is 0.328 e. The van der Waals surface area contributed by atoms with E-state index in [1.54, 1.807) is 30.2 Å². The van der Waals surface area contributed by atoms with Crippen LogP contribution < -0.4 is 5.32 Å². The molecule has 26 heavy (non-hydrogen) atoms. The molecular formula is C19H20N4O3. The molecule has 0 aliphatic rings. The van der Waals surface area contributed by atoms with E-state index in [2.05, 4.69) is 15.4 Å². The van der Waals surface area contributed by atoms with Crippen molar-refractivity contribution in [2.45, 2.75) is 12.5 Å². The van der Waals surface area contributed by atoms with E-state index >= 15 is 0 Å². The number of esters is 1. The van der Waals surface area contributed by atoms with Gasteiger partial charge in [-0.25, -0.2) is 4.79 Å². The van der Waals surface area contributed by atoms with E-state index in [0.29, 0.717) is 6.42 Å². The minimum absolute atomic E-state index is 0.336. The fraction of sp³-hybridized carbons (Fsp3) is 0.211. The van der Waals surface area contributed by atoms with Crippen molar-refractivity contribution in [2.75, 3.05) is 7.11 Å². The number of rotatable bonds is 6. The average Bonchev–Trinajstić information content (AvgIpc) is 3.25. The quantitative estimate of drug-likeness (QED) is 0.523. The number of carbonyl (C=O) groups is 2. The van der Waals surface area contributed by atoms with Gasteiger partial charge in [0, 0.05) is 48.4 Å². The van der Waals surface area contributed by atoms with E-state index in [4.69, 9.17) is 4.74 Å². The van der Waals surface area contributed by atoms with Gasteiger partial charge in [0.2, 0.25) is 5.91 Å². The number of methoxy groups -OCH3 is 1. The highest BCUT2D eigenvalue weighted by molar-refractivity contribution is 5.95. The van der Waals surface area contributed by atoms with Gasteiger partial charge in [0.15, 0.2) is 0 Å². The maximum absolute atomic E-state index is 12.2. The van der Waals surface area contributed by atoms with Crippen LogP contribution in [0.15, 0.2) is 48.9 Å². The lowest BCUT2D eigenvalue weighted by Gasteiger charge is -2.15. The van der Waals surface area contributed by atoms with Gasteiger partial charge < -0.3 is 15.0 Å². The van der Waals surface area contributed by atoms with Crippen LogP contribution in [-0.4, -0.2) is 39.8 Å². The van der Waals surface area contributed by atoms with E-state index in [-0.39, 0.29) is 5.91 Å². The van der Waals surface area contributed by atoms with Gasteiger partial charge in [0.1, 0.15) is 6.04 Å². The summed E-state index contributed by atoms with van der Waals surface area (Å²) in [6, 6.07) is 7.03. The zero-order chi connectivity index (χ0) is 18.5. The maximum atomic E-state index is 12.2. The zero-order valence-electron chi connectivity index (χ0n) is 14.6. The molecular weight excluding hydrogens is 332 g/mol. The number of carbonyl (C=O) groups excluding carboxylic acids is 2. The first-order chi connectivity index (χ1) is 12.6. The Bertz CT molecular complexity index is 955. The van der Waals surface area contributed by atoms with Crippen LogP contribution in [0.1, 0.15) is 11.1 Å². The second kappa shape index (κ2) is 7.69. The molecule has 0 spiro atoms. The predicted molar refractivity (Wildman–Crippen MR) is 98.2 cm³/mol. The van der Waals surface area contributed by atoms with Gasteiger partial charge >= 0.3 is 5.97 Å². The Hall–Kier alpha value is -3.35. The number of ether oxygens (including phenoxy) is 1. The fourth-order valence-electron chi connectivity index (χ4n) is 2.77. The summed E-state index contributed by atoms with van der Waals surface area (Å²) in [7, 11) is 3.11. The summed E-state index contributed by atoms with van der Waals surface area (Å²) in [6.45, 7) is 0. The molecule has 0 fully saturated rings. The molecule has 1 aromatic carbocycles. The van der Waals surface area contributed by atoms with Gasteiger partial charge in [-0.3, -0.25) is 9.48 Å². The molecule has 2 heterocycles. The molecule has 2 aromatic heterocycles. The predicted octanol–water partition coefficient (Wildman–Crippen LogP) is 1.82. The molecule has 0 aliphatic carbocycles. The molecule has 7 heteroatoms. The summed E-state index contributed by atoms with van der Waals surface area (Å²) in [5.41, 5.74) is 2.72. The Kier molecular flexibility index (Phi) is 5.17. The first kappa shape index (κ1) is 17.5. The molecule has 1 atom stereocenters. The molecule has 0 radical (unpaired) electrons. The number of hydrogen-bond donors (Lipinski definition) is 2. The first-order valence-electron chi connectivity index (χ1n) is 8.17. The third-order valence-corrected chi connectivity index (χ3v) is 4.05. The van der Waals surface area contributed by atoms with Crippen molar-refractivity contribution in [3.8, 4) is 0 Å². The summed E-state index contributed by atoms with van der Waals surface area (Å²) >= 11 is 0. The van der Waals surface area contributed by atoms with Gasteiger partial charge in [-0.15, -0.1) is 0 Å². The normalized spacial score (nSPS) is 12.4. The Balaban J connectivity index is 1.72. The number of hydrogen-bond acceptors (Lipinski definition) is 4. The largest absolute Gasteiger partial charge is 0.467 e. The monoisotopic (exact) mass is 352 g/mol. The van der Waals surface area contributed by atoms with Gasteiger partial charge in [-0.2, -0.15) is 5.10 Å². The van der Waals surface area contributed by atoms with Crippen LogP contribution in [0.3, 0.4) is 0 Å². The van der Waals surface area contributed by atoms with Gasteiger partial charge in [0.25, 0.3) is 0 Å². The lowest BCUT2D eigenvalue weighted by molar-refractivity contribution is -0.144. The minimum Gasteiger partial charge on any atom is -0.467 e.